The maximum Gasteiger partial charge on any atom is 0.238 e. The van der Waals surface area contributed by atoms with Gasteiger partial charge in [-0.2, -0.15) is 0 Å². The van der Waals surface area contributed by atoms with E-state index < -0.39 is 0 Å². The van der Waals surface area contributed by atoms with Crippen molar-refractivity contribution in [2.45, 2.75) is 57.9 Å². The highest BCUT2D eigenvalue weighted by Crippen LogP contribution is 2.57. The topological polar surface area (TPSA) is 32.3 Å². The Morgan fingerprint density at radius 2 is 1.71 bits per heavy atom. The van der Waals surface area contributed by atoms with Crippen molar-refractivity contribution < 1.29 is 4.79 Å². The Kier molecular flexibility index (Phi) is 3.95. The number of hydrogen-bond donors (Lipinski definition) is 1. The van der Waals surface area contributed by atoms with E-state index in [1.165, 1.54) is 44.1 Å². The standard InChI is InChI=1S/C21H30N2O/c1-14-4-5-15(2)19(6-14)22-20(24)13-23(3)21-10-16-7-17(11-21)9-18(8-16)12-21/h4-6,16-18H,7-13H2,1-3H3,(H,22,24). The molecule has 0 aromatic heterocycles. The van der Waals surface area contributed by atoms with Crippen molar-refractivity contribution in [3.63, 3.8) is 0 Å². The number of amides is 1. The van der Waals surface area contributed by atoms with Gasteiger partial charge >= 0.3 is 0 Å². The Bertz CT molecular complexity index is 616. The molecule has 1 aromatic rings. The zero-order valence-electron chi connectivity index (χ0n) is 15.3. The molecule has 4 fully saturated rings. The highest BCUT2D eigenvalue weighted by atomic mass is 16.2. The molecule has 0 saturated heterocycles. The molecule has 130 valence electrons. The molecule has 3 heteroatoms. The van der Waals surface area contributed by atoms with Crippen LogP contribution in [0.5, 0.6) is 0 Å². The number of aryl methyl sites for hydroxylation is 2. The summed E-state index contributed by atoms with van der Waals surface area (Å²) in [6.45, 7) is 4.63. The van der Waals surface area contributed by atoms with Crippen LogP contribution in [0.25, 0.3) is 0 Å². The molecule has 0 unspecified atom stereocenters. The molecule has 4 aliphatic carbocycles. The quantitative estimate of drug-likeness (QED) is 0.902. The predicted molar refractivity (Wildman–Crippen MR) is 98.1 cm³/mol. The van der Waals surface area contributed by atoms with Crippen LogP contribution in [0.2, 0.25) is 0 Å². The number of anilines is 1. The molecule has 0 spiro atoms. The summed E-state index contributed by atoms with van der Waals surface area (Å²) in [6, 6.07) is 6.23. The molecular formula is C21H30N2O. The summed E-state index contributed by atoms with van der Waals surface area (Å²) in [5, 5.41) is 3.13. The molecular weight excluding hydrogens is 296 g/mol. The molecule has 0 radical (unpaired) electrons. The lowest BCUT2D eigenvalue weighted by molar-refractivity contribution is -0.123. The minimum Gasteiger partial charge on any atom is -0.325 e. The molecule has 4 saturated carbocycles. The van der Waals surface area contributed by atoms with Crippen LogP contribution in [0.15, 0.2) is 18.2 Å². The Balaban J connectivity index is 1.43. The number of nitrogens with zero attached hydrogens (tertiary/aromatic N) is 1. The minimum absolute atomic E-state index is 0.127. The highest BCUT2D eigenvalue weighted by Gasteiger charge is 2.52. The third kappa shape index (κ3) is 2.88. The van der Waals surface area contributed by atoms with E-state index in [2.05, 4.69) is 49.3 Å². The summed E-state index contributed by atoms with van der Waals surface area (Å²) in [7, 11) is 2.18. The molecule has 3 nitrogen and oxygen atoms in total. The van der Waals surface area contributed by atoms with Crippen LogP contribution < -0.4 is 5.32 Å². The molecule has 0 atom stereocenters. The van der Waals surface area contributed by atoms with Gasteiger partial charge in [0.2, 0.25) is 5.91 Å². The summed E-state index contributed by atoms with van der Waals surface area (Å²) in [6.07, 6.45) is 8.27. The second-order valence-corrected chi connectivity index (χ2v) is 8.86. The lowest BCUT2D eigenvalue weighted by Gasteiger charge is -2.59. The van der Waals surface area contributed by atoms with Crippen LogP contribution >= 0.6 is 0 Å². The maximum atomic E-state index is 12.6. The molecule has 4 bridgehead atoms. The van der Waals surface area contributed by atoms with E-state index in [4.69, 9.17) is 0 Å². The van der Waals surface area contributed by atoms with E-state index in [9.17, 15) is 4.79 Å². The average Bonchev–Trinajstić information content (AvgIpc) is 2.49. The summed E-state index contributed by atoms with van der Waals surface area (Å²) in [5.74, 6) is 2.88. The number of hydrogen-bond acceptors (Lipinski definition) is 2. The maximum absolute atomic E-state index is 12.6. The van der Waals surface area contributed by atoms with Crippen LogP contribution in [0.1, 0.15) is 49.7 Å². The number of likely N-dealkylation sites (N-methyl/N-ethyl adjacent to an activating group) is 1. The van der Waals surface area contributed by atoms with Crippen molar-refractivity contribution in [1.82, 2.24) is 4.90 Å². The van der Waals surface area contributed by atoms with Gasteiger partial charge in [-0.25, -0.2) is 0 Å². The first kappa shape index (κ1) is 16.1. The van der Waals surface area contributed by atoms with Gasteiger partial charge in [0, 0.05) is 11.2 Å². The number of benzene rings is 1. The molecule has 1 amide bonds. The number of carbonyl (C=O) groups excluding carboxylic acids is 1. The van der Waals surface area contributed by atoms with Gasteiger partial charge in [0.25, 0.3) is 0 Å². The largest absolute Gasteiger partial charge is 0.325 e. The van der Waals surface area contributed by atoms with Crippen LogP contribution in [0.4, 0.5) is 5.69 Å². The number of carbonyl (C=O) groups is 1. The van der Waals surface area contributed by atoms with Crippen molar-refractivity contribution in [3.8, 4) is 0 Å². The van der Waals surface area contributed by atoms with Gasteiger partial charge in [-0.1, -0.05) is 12.1 Å². The molecule has 24 heavy (non-hydrogen) atoms. The fourth-order valence-corrected chi connectivity index (χ4v) is 5.98. The summed E-state index contributed by atoms with van der Waals surface area (Å²) in [5.41, 5.74) is 3.57. The molecule has 5 rings (SSSR count). The van der Waals surface area contributed by atoms with Gasteiger partial charge in [-0.3, -0.25) is 9.69 Å². The second kappa shape index (κ2) is 5.87. The predicted octanol–water partition coefficient (Wildman–Crippen LogP) is 4.14. The first-order valence-electron chi connectivity index (χ1n) is 9.52. The van der Waals surface area contributed by atoms with Gasteiger partial charge in [-0.05, 0) is 94.4 Å². The molecule has 0 aliphatic heterocycles. The van der Waals surface area contributed by atoms with Gasteiger partial charge in [0.05, 0.1) is 6.54 Å². The van der Waals surface area contributed by atoms with Crippen molar-refractivity contribution in [2.75, 3.05) is 18.9 Å². The van der Waals surface area contributed by atoms with E-state index in [0.29, 0.717) is 12.1 Å². The molecule has 1 aromatic carbocycles. The van der Waals surface area contributed by atoms with E-state index >= 15 is 0 Å². The van der Waals surface area contributed by atoms with Gasteiger partial charge in [-0.15, -0.1) is 0 Å². The summed E-state index contributed by atoms with van der Waals surface area (Å²) >= 11 is 0. The number of nitrogens with one attached hydrogen (secondary N) is 1. The van der Waals surface area contributed by atoms with Gasteiger partial charge in [0.1, 0.15) is 0 Å². The zero-order chi connectivity index (χ0) is 16.9. The third-order valence-electron chi connectivity index (χ3n) is 6.86. The third-order valence-corrected chi connectivity index (χ3v) is 6.86. The van der Waals surface area contributed by atoms with Crippen LogP contribution in [-0.4, -0.2) is 29.9 Å². The van der Waals surface area contributed by atoms with Crippen molar-refractivity contribution in [3.05, 3.63) is 29.3 Å². The van der Waals surface area contributed by atoms with Crippen molar-refractivity contribution >= 4 is 11.6 Å². The monoisotopic (exact) mass is 326 g/mol. The Morgan fingerprint density at radius 3 is 2.29 bits per heavy atom. The Labute approximate surface area is 145 Å². The summed E-state index contributed by atoms with van der Waals surface area (Å²) < 4.78 is 0. The molecule has 0 heterocycles. The van der Waals surface area contributed by atoms with Crippen LogP contribution in [0, 0.1) is 31.6 Å². The van der Waals surface area contributed by atoms with E-state index in [-0.39, 0.29) is 5.91 Å². The average molecular weight is 326 g/mol. The van der Waals surface area contributed by atoms with Crippen molar-refractivity contribution in [1.29, 1.82) is 0 Å². The highest BCUT2D eigenvalue weighted by molar-refractivity contribution is 5.93. The normalized spacial score (nSPS) is 33.9. The van der Waals surface area contributed by atoms with Crippen molar-refractivity contribution in [2.24, 2.45) is 17.8 Å². The molecule has 1 N–H and O–H groups in total. The smallest absolute Gasteiger partial charge is 0.238 e. The van der Waals surface area contributed by atoms with E-state index in [1.807, 2.05) is 0 Å². The first-order chi connectivity index (χ1) is 11.4. The SMILES string of the molecule is Cc1ccc(C)c(NC(=O)CN(C)C23CC4CC(CC(C4)C2)C3)c1. The van der Waals surface area contributed by atoms with Crippen LogP contribution in [-0.2, 0) is 4.79 Å². The lowest BCUT2D eigenvalue weighted by Crippen LogP contribution is -2.59. The van der Waals surface area contributed by atoms with E-state index in [0.717, 1.165) is 29.0 Å². The van der Waals surface area contributed by atoms with Gasteiger partial charge in [0.15, 0.2) is 0 Å². The first-order valence-corrected chi connectivity index (χ1v) is 9.52. The lowest BCUT2D eigenvalue weighted by atomic mass is 9.52. The Morgan fingerprint density at radius 1 is 1.12 bits per heavy atom. The molecule has 4 aliphatic rings. The Hall–Kier alpha value is -1.35. The zero-order valence-corrected chi connectivity index (χ0v) is 15.3. The van der Waals surface area contributed by atoms with Crippen LogP contribution in [0.3, 0.4) is 0 Å². The second-order valence-electron chi connectivity index (χ2n) is 8.86. The summed E-state index contributed by atoms with van der Waals surface area (Å²) in [4.78, 5) is 15.0. The number of rotatable bonds is 4. The fourth-order valence-electron chi connectivity index (χ4n) is 5.98. The fraction of sp³-hybridized carbons (Fsp3) is 0.667. The van der Waals surface area contributed by atoms with Gasteiger partial charge < -0.3 is 5.32 Å². The van der Waals surface area contributed by atoms with E-state index in [1.54, 1.807) is 0 Å². The minimum atomic E-state index is 0.127.